The van der Waals surface area contributed by atoms with Gasteiger partial charge in [-0.3, -0.25) is 9.78 Å². The molecule has 6 fully saturated rings. The summed E-state index contributed by atoms with van der Waals surface area (Å²) < 4.78 is 13.3. The van der Waals surface area contributed by atoms with E-state index in [0.29, 0.717) is 42.3 Å². The van der Waals surface area contributed by atoms with Gasteiger partial charge in [0.25, 0.3) is 0 Å². The average Bonchev–Trinajstić information content (AvgIpc) is 3.71. The highest BCUT2D eigenvalue weighted by molar-refractivity contribution is 5.89. The highest BCUT2D eigenvalue weighted by Gasteiger charge is 2.84. The number of pyridine rings is 1. The predicted molar refractivity (Wildman–Crippen MR) is 187 cm³/mol. The largest absolute Gasteiger partial charge is 0.458 e. The number of carbonyl (C=O) groups is 2. The Morgan fingerprint density at radius 3 is 2.43 bits per heavy atom. The number of carbonyl (C=O) groups excluding carboxylic acids is 2. The van der Waals surface area contributed by atoms with Gasteiger partial charge in [0.05, 0.1) is 23.9 Å². The zero-order valence-corrected chi connectivity index (χ0v) is 30.4. The molecule has 49 heavy (non-hydrogen) atoms. The van der Waals surface area contributed by atoms with Crippen LogP contribution in [0.3, 0.4) is 0 Å². The fraction of sp³-hybridized carbons (Fsp3) is 0.690. The first kappa shape index (κ1) is 33.4. The lowest BCUT2D eigenvalue weighted by atomic mass is 9.41. The molecule has 5 saturated carbocycles. The lowest BCUT2D eigenvalue weighted by Crippen LogP contribution is -2.60. The summed E-state index contributed by atoms with van der Waals surface area (Å²) in [4.78, 5) is 32.0. The van der Waals surface area contributed by atoms with Crippen molar-refractivity contribution in [1.29, 1.82) is 0 Å². The number of rotatable bonds is 6. The molecule has 1 saturated heterocycles. The molecule has 1 N–H and O–H groups in total. The van der Waals surface area contributed by atoms with Crippen molar-refractivity contribution in [1.82, 2.24) is 9.88 Å². The van der Waals surface area contributed by atoms with Crippen LogP contribution >= 0.6 is 0 Å². The molecule has 1 amide bonds. The Labute approximate surface area is 292 Å². The average molecular weight is 669 g/mol. The molecule has 0 bridgehead atoms. The van der Waals surface area contributed by atoms with Gasteiger partial charge in [0.1, 0.15) is 6.10 Å². The van der Waals surface area contributed by atoms with E-state index in [4.69, 9.17) is 9.47 Å². The quantitative estimate of drug-likeness (QED) is 0.322. The van der Waals surface area contributed by atoms with Crippen molar-refractivity contribution in [3.63, 3.8) is 0 Å². The molecule has 6 aliphatic rings. The number of aliphatic hydroxyl groups excluding tert-OH is 1. The van der Waals surface area contributed by atoms with E-state index >= 15 is 0 Å². The van der Waals surface area contributed by atoms with Gasteiger partial charge >= 0.3 is 5.97 Å². The van der Waals surface area contributed by atoms with Gasteiger partial charge < -0.3 is 19.5 Å². The fourth-order valence-corrected chi connectivity index (χ4v) is 13.7. The molecule has 8 rings (SSSR count). The lowest BCUT2D eigenvalue weighted by Gasteiger charge is -2.63. The minimum absolute atomic E-state index is 0.00965. The zero-order valence-electron chi connectivity index (χ0n) is 30.4. The third-order valence-electron chi connectivity index (χ3n) is 16.0. The monoisotopic (exact) mass is 668 g/mol. The van der Waals surface area contributed by atoms with Crippen LogP contribution in [0.4, 0.5) is 0 Å². The molecule has 1 aromatic carbocycles. The Morgan fingerprint density at radius 1 is 0.980 bits per heavy atom. The van der Waals surface area contributed by atoms with Crippen molar-refractivity contribution in [3.8, 4) is 0 Å². The van der Waals surface area contributed by atoms with Crippen LogP contribution in [0.1, 0.15) is 109 Å². The number of aliphatic hydroxyl groups is 1. The van der Waals surface area contributed by atoms with Crippen LogP contribution in [0.5, 0.6) is 0 Å². The second-order valence-corrected chi connectivity index (χ2v) is 18.2. The first-order chi connectivity index (χ1) is 23.3. The lowest BCUT2D eigenvalue weighted by molar-refractivity contribution is -0.183. The van der Waals surface area contributed by atoms with Gasteiger partial charge in [-0.1, -0.05) is 65.0 Å². The van der Waals surface area contributed by atoms with Crippen LogP contribution in [-0.2, 0) is 20.8 Å². The Balaban J connectivity index is 1.02. The number of amides is 1. The molecular weight excluding hydrogens is 612 g/mol. The highest BCUT2D eigenvalue weighted by Crippen LogP contribution is 2.89. The van der Waals surface area contributed by atoms with Crippen LogP contribution in [0.2, 0.25) is 0 Å². The number of fused-ring (bicyclic) bond motifs is 4. The van der Waals surface area contributed by atoms with Gasteiger partial charge in [-0.2, -0.15) is 0 Å². The van der Waals surface area contributed by atoms with Crippen molar-refractivity contribution >= 4 is 11.9 Å². The number of hydrogen-bond donors (Lipinski definition) is 1. The zero-order chi connectivity index (χ0) is 34.6. The van der Waals surface area contributed by atoms with Crippen LogP contribution < -0.4 is 0 Å². The fourth-order valence-electron chi connectivity index (χ4n) is 13.7. The summed E-state index contributed by atoms with van der Waals surface area (Å²) in [5, 5.41) is 12.6. The van der Waals surface area contributed by atoms with Gasteiger partial charge in [0.15, 0.2) is 0 Å². The van der Waals surface area contributed by atoms with E-state index in [-0.39, 0.29) is 57.3 Å². The van der Waals surface area contributed by atoms with Gasteiger partial charge in [0, 0.05) is 43.2 Å². The van der Waals surface area contributed by atoms with Crippen LogP contribution in [0.25, 0.3) is 0 Å². The number of aromatic nitrogens is 1. The highest BCUT2D eigenvalue weighted by atomic mass is 16.5. The maximum atomic E-state index is 13.1. The summed E-state index contributed by atoms with van der Waals surface area (Å²) in [6.07, 6.45) is 11.0. The van der Waals surface area contributed by atoms with Crippen LogP contribution in [-0.4, -0.2) is 57.8 Å². The summed E-state index contributed by atoms with van der Waals surface area (Å²) in [6, 6.07) is 13.8. The molecule has 12 atom stereocenters. The van der Waals surface area contributed by atoms with Crippen molar-refractivity contribution < 1.29 is 24.2 Å². The van der Waals surface area contributed by atoms with Gasteiger partial charge in [-0.15, -0.1) is 0 Å². The molecule has 7 heteroatoms. The van der Waals surface area contributed by atoms with Gasteiger partial charge in [-0.25, -0.2) is 4.79 Å². The van der Waals surface area contributed by atoms with Gasteiger partial charge in [-0.05, 0) is 109 Å². The summed E-state index contributed by atoms with van der Waals surface area (Å²) >= 11 is 0. The van der Waals surface area contributed by atoms with E-state index in [1.165, 1.54) is 12.8 Å². The molecule has 1 aromatic heterocycles. The molecule has 2 spiro atoms. The Hall–Kier alpha value is -2.77. The molecule has 264 valence electrons. The maximum Gasteiger partial charge on any atom is 0.339 e. The molecule has 0 radical (unpaired) electrons. The maximum absolute atomic E-state index is 13.1. The Bertz CT molecular complexity index is 1600. The number of hydrogen-bond acceptors (Lipinski definition) is 6. The second kappa shape index (κ2) is 11.4. The molecule has 7 unspecified atom stereocenters. The minimum atomic E-state index is -0.534. The predicted octanol–water partition coefficient (Wildman–Crippen LogP) is 7.47. The van der Waals surface area contributed by atoms with Gasteiger partial charge in [0.2, 0.25) is 5.91 Å². The third-order valence-corrected chi connectivity index (χ3v) is 16.0. The van der Waals surface area contributed by atoms with Crippen LogP contribution in [0.15, 0.2) is 54.9 Å². The summed E-state index contributed by atoms with van der Waals surface area (Å²) in [5.41, 5.74) is 1.75. The molecule has 2 heterocycles. The first-order valence-corrected chi connectivity index (χ1v) is 19.0. The van der Waals surface area contributed by atoms with E-state index in [1.54, 1.807) is 31.5 Å². The summed E-state index contributed by atoms with van der Waals surface area (Å²) in [7, 11) is 0. The Morgan fingerprint density at radius 2 is 1.71 bits per heavy atom. The second-order valence-electron chi connectivity index (χ2n) is 18.2. The van der Waals surface area contributed by atoms with E-state index < -0.39 is 6.10 Å². The smallest absolute Gasteiger partial charge is 0.339 e. The number of benzene rings is 1. The van der Waals surface area contributed by atoms with E-state index in [2.05, 4.69) is 51.7 Å². The van der Waals surface area contributed by atoms with Crippen molar-refractivity contribution in [2.24, 2.45) is 50.7 Å². The Kier molecular flexibility index (Phi) is 7.74. The first-order valence-electron chi connectivity index (χ1n) is 19.0. The van der Waals surface area contributed by atoms with E-state index in [9.17, 15) is 14.7 Å². The molecular formula is C42H56N2O5. The number of nitrogens with zero attached hydrogens (tertiary/aromatic N) is 2. The minimum Gasteiger partial charge on any atom is -0.458 e. The van der Waals surface area contributed by atoms with Crippen molar-refractivity contribution in [2.45, 2.75) is 124 Å². The number of ether oxygens (including phenoxy) is 2. The topological polar surface area (TPSA) is 89.0 Å². The third kappa shape index (κ3) is 4.62. The normalized spacial score (nSPS) is 44.3. The molecule has 2 aromatic rings. The standard InChI is InChI=1S/C42H56N2O5/c1-26-21-30(24-44(27(2)45)23-28-11-8-7-9-12-28)48-35-34(26)39(5)18-19-42-25-41(42)17-16-33(49-37(47)29-13-10-20-43-22-29)38(3,4)31(41)14-15-32(42)40(39,6)36(35)46/h7-13,20,22,26,30-36,46H,14-19,21,23-25H2,1-6H3/t26-,30?,31+,32?,33?,34+,35?,36+,39?,40-,41?,42?/m1/s1. The molecule has 7 nitrogen and oxygen atoms in total. The van der Waals surface area contributed by atoms with Crippen LogP contribution in [0, 0.1) is 50.7 Å². The number of esters is 1. The summed E-state index contributed by atoms with van der Waals surface area (Å²) in [5.74, 6) is 1.43. The summed E-state index contributed by atoms with van der Waals surface area (Å²) in [6.45, 7) is 14.8. The van der Waals surface area contributed by atoms with E-state index in [1.807, 2.05) is 23.1 Å². The van der Waals surface area contributed by atoms with Crippen molar-refractivity contribution in [3.05, 3.63) is 66.0 Å². The molecule has 5 aliphatic carbocycles. The van der Waals surface area contributed by atoms with E-state index in [0.717, 1.165) is 44.1 Å². The van der Waals surface area contributed by atoms with Crippen molar-refractivity contribution in [2.75, 3.05) is 6.54 Å². The SMILES string of the molecule is CC(=O)N(Cc1ccccc1)CC1C[C@@H](C)[C@H]2C(O1)[C@H](O)[C@@]1(C)C3CC[C@H]4C(C)(C)C(OC(=O)c5cccnc5)CCC45CC35CCC21C. The molecule has 1 aliphatic heterocycles.